The van der Waals surface area contributed by atoms with Gasteiger partial charge in [0.05, 0.1) is 5.56 Å². The lowest BCUT2D eigenvalue weighted by Crippen LogP contribution is -2.08. The molecule has 3 nitrogen and oxygen atoms in total. The maximum absolute atomic E-state index is 11.8. The molecule has 0 radical (unpaired) electrons. The minimum absolute atomic E-state index is 0.349. The third kappa shape index (κ3) is 4.28. The average molecular weight is 352 g/mol. The van der Waals surface area contributed by atoms with E-state index in [1.165, 1.54) is 0 Å². The largest absolute Gasteiger partial charge is 0.461 e. The zero-order chi connectivity index (χ0) is 14.4. The number of anilines is 1. The number of nitrogen functional groups attached to an aromatic ring is 1. The SMILES string of the molecule is Nc1cc(C(=O)OCCSc2ccccc2)ccc1Br. The topological polar surface area (TPSA) is 52.3 Å². The number of esters is 1. The van der Waals surface area contributed by atoms with Crippen LogP contribution in [0.3, 0.4) is 0 Å². The van der Waals surface area contributed by atoms with Crippen LogP contribution in [-0.2, 0) is 4.74 Å². The van der Waals surface area contributed by atoms with Crippen molar-refractivity contribution >= 4 is 39.3 Å². The summed E-state index contributed by atoms with van der Waals surface area (Å²) < 4.78 is 5.99. The standard InChI is InChI=1S/C15H14BrNO2S/c16-13-7-6-11(10-14(13)17)15(18)19-8-9-20-12-4-2-1-3-5-12/h1-7,10H,8-9,17H2. The average Bonchev–Trinajstić information content (AvgIpc) is 2.47. The normalized spacial score (nSPS) is 10.2. The third-order valence-electron chi connectivity index (χ3n) is 2.56. The van der Waals surface area contributed by atoms with Crippen LogP contribution in [-0.4, -0.2) is 18.3 Å². The summed E-state index contributed by atoms with van der Waals surface area (Å²) in [4.78, 5) is 13.0. The predicted octanol–water partition coefficient (Wildman–Crippen LogP) is 3.98. The number of hydrogen-bond donors (Lipinski definition) is 1. The summed E-state index contributed by atoms with van der Waals surface area (Å²) >= 11 is 4.94. The van der Waals surface area contributed by atoms with E-state index in [0.717, 1.165) is 15.1 Å². The first-order valence-electron chi connectivity index (χ1n) is 6.07. The molecule has 0 atom stereocenters. The summed E-state index contributed by atoms with van der Waals surface area (Å²) in [5.74, 6) is 0.375. The summed E-state index contributed by atoms with van der Waals surface area (Å²) in [6, 6.07) is 15.0. The zero-order valence-corrected chi connectivity index (χ0v) is 13.1. The highest BCUT2D eigenvalue weighted by atomic mass is 79.9. The van der Waals surface area contributed by atoms with Gasteiger partial charge < -0.3 is 10.5 Å². The minimum atomic E-state index is -0.349. The smallest absolute Gasteiger partial charge is 0.338 e. The second kappa shape index (κ2) is 7.36. The molecule has 0 aliphatic rings. The van der Waals surface area contributed by atoms with Crippen molar-refractivity contribution in [3.63, 3.8) is 0 Å². The van der Waals surface area contributed by atoms with Gasteiger partial charge >= 0.3 is 5.97 Å². The summed E-state index contributed by atoms with van der Waals surface area (Å²) in [7, 11) is 0. The third-order valence-corrected chi connectivity index (χ3v) is 4.26. The highest BCUT2D eigenvalue weighted by Gasteiger charge is 2.08. The van der Waals surface area contributed by atoms with E-state index in [2.05, 4.69) is 15.9 Å². The van der Waals surface area contributed by atoms with E-state index in [0.29, 0.717) is 17.9 Å². The maximum Gasteiger partial charge on any atom is 0.338 e. The van der Waals surface area contributed by atoms with Crippen LogP contribution in [0.1, 0.15) is 10.4 Å². The number of halogens is 1. The molecule has 2 rings (SSSR count). The molecule has 0 aliphatic heterocycles. The molecule has 5 heteroatoms. The Morgan fingerprint density at radius 3 is 2.65 bits per heavy atom. The van der Waals surface area contributed by atoms with E-state index < -0.39 is 0 Å². The minimum Gasteiger partial charge on any atom is -0.461 e. The fourth-order valence-corrected chi connectivity index (χ4v) is 2.56. The van der Waals surface area contributed by atoms with Gasteiger partial charge in [0, 0.05) is 20.8 Å². The number of benzene rings is 2. The monoisotopic (exact) mass is 351 g/mol. The molecule has 0 bridgehead atoms. The number of hydrogen-bond acceptors (Lipinski definition) is 4. The Morgan fingerprint density at radius 1 is 1.20 bits per heavy atom. The van der Waals surface area contributed by atoms with E-state index in [-0.39, 0.29) is 5.97 Å². The Kier molecular flexibility index (Phi) is 5.49. The molecule has 104 valence electrons. The second-order valence-corrected chi connectivity index (χ2v) is 6.06. The lowest BCUT2D eigenvalue weighted by Gasteiger charge is -2.06. The van der Waals surface area contributed by atoms with Gasteiger partial charge in [-0.2, -0.15) is 0 Å². The molecule has 0 aromatic heterocycles. The van der Waals surface area contributed by atoms with Gasteiger partial charge in [-0.3, -0.25) is 0 Å². The van der Waals surface area contributed by atoms with Crippen molar-refractivity contribution in [2.45, 2.75) is 4.90 Å². The summed E-state index contributed by atoms with van der Waals surface area (Å²) in [6.45, 7) is 0.369. The summed E-state index contributed by atoms with van der Waals surface area (Å²) in [6.07, 6.45) is 0. The second-order valence-electron chi connectivity index (χ2n) is 4.03. The molecule has 0 unspecified atom stereocenters. The summed E-state index contributed by atoms with van der Waals surface area (Å²) in [5.41, 5.74) is 6.72. The van der Waals surface area contributed by atoms with Gasteiger partial charge in [0.25, 0.3) is 0 Å². The molecule has 2 aromatic carbocycles. The molecule has 2 N–H and O–H groups in total. The van der Waals surface area contributed by atoms with E-state index in [4.69, 9.17) is 10.5 Å². The van der Waals surface area contributed by atoms with Gasteiger partial charge in [0.15, 0.2) is 0 Å². The van der Waals surface area contributed by atoms with Gasteiger partial charge in [0.1, 0.15) is 6.61 Å². The van der Waals surface area contributed by atoms with Crippen LogP contribution in [0.5, 0.6) is 0 Å². The molecule has 0 heterocycles. The zero-order valence-electron chi connectivity index (χ0n) is 10.7. The molecular formula is C15H14BrNO2S. The summed E-state index contributed by atoms with van der Waals surface area (Å²) in [5, 5.41) is 0. The van der Waals surface area contributed by atoms with E-state index in [1.807, 2.05) is 30.3 Å². The number of thioether (sulfide) groups is 1. The van der Waals surface area contributed by atoms with Gasteiger partial charge in [-0.1, -0.05) is 18.2 Å². The lowest BCUT2D eigenvalue weighted by molar-refractivity contribution is 0.0530. The van der Waals surface area contributed by atoms with E-state index >= 15 is 0 Å². The van der Waals surface area contributed by atoms with Gasteiger partial charge in [-0.05, 0) is 46.3 Å². The highest BCUT2D eigenvalue weighted by Crippen LogP contribution is 2.21. The number of carbonyl (C=O) groups excluding carboxylic acids is 1. The Morgan fingerprint density at radius 2 is 1.95 bits per heavy atom. The molecule has 0 amide bonds. The van der Waals surface area contributed by atoms with Crippen molar-refractivity contribution in [2.75, 3.05) is 18.1 Å². The Balaban J connectivity index is 1.79. The fraction of sp³-hybridized carbons (Fsp3) is 0.133. The predicted molar refractivity (Wildman–Crippen MR) is 86.0 cm³/mol. The fourth-order valence-electron chi connectivity index (χ4n) is 1.56. The van der Waals surface area contributed by atoms with Crippen LogP contribution in [0.15, 0.2) is 57.9 Å². The van der Waals surface area contributed by atoms with Crippen molar-refractivity contribution in [3.05, 3.63) is 58.6 Å². The van der Waals surface area contributed by atoms with E-state index in [1.54, 1.807) is 30.0 Å². The Hall–Kier alpha value is -1.46. The van der Waals surface area contributed by atoms with Gasteiger partial charge in [-0.15, -0.1) is 11.8 Å². The van der Waals surface area contributed by atoms with Crippen molar-refractivity contribution in [1.29, 1.82) is 0 Å². The van der Waals surface area contributed by atoms with Crippen LogP contribution in [0.2, 0.25) is 0 Å². The maximum atomic E-state index is 11.8. The van der Waals surface area contributed by atoms with Crippen LogP contribution < -0.4 is 5.73 Å². The first kappa shape index (κ1) is 14.9. The van der Waals surface area contributed by atoms with Gasteiger partial charge in [0.2, 0.25) is 0 Å². The number of rotatable bonds is 5. The number of nitrogens with two attached hydrogens (primary N) is 1. The quantitative estimate of drug-likeness (QED) is 0.383. The Labute approximate surface area is 130 Å². The lowest BCUT2D eigenvalue weighted by atomic mass is 10.2. The van der Waals surface area contributed by atoms with Crippen molar-refractivity contribution in [2.24, 2.45) is 0 Å². The molecular weight excluding hydrogens is 338 g/mol. The number of carbonyl (C=O) groups is 1. The van der Waals surface area contributed by atoms with Crippen LogP contribution in [0.25, 0.3) is 0 Å². The number of ether oxygens (including phenoxy) is 1. The first-order valence-corrected chi connectivity index (χ1v) is 7.84. The molecule has 20 heavy (non-hydrogen) atoms. The molecule has 0 saturated carbocycles. The molecule has 0 aliphatic carbocycles. The van der Waals surface area contributed by atoms with Crippen LogP contribution in [0, 0.1) is 0 Å². The Bertz CT molecular complexity index is 590. The van der Waals surface area contributed by atoms with Crippen molar-refractivity contribution < 1.29 is 9.53 Å². The molecule has 0 saturated heterocycles. The van der Waals surface area contributed by atoms with Crippen LogP contribution in [0.4, 0.5) is 5.69 Å². The highest BCUT2D eigenvalue weighted by molar-refractivity contribution is 9.10. The van der Waals surface area contributed by atoms with Gasteiger partial charge in [-0.25, -0.2) is 4.79 Å². The molecule has 2 aromatic rings. The molecule has 0 spiro atoms. The first-order chi connectivity index (χ1) is 9.66. The molecule has 0 fully saturated rings. The van der Waals surface area contributed by atoms with Crippen molar-refractivity contribution in [1.82, 2.24) is 0 Å². The van der Waals surface area contributed by atoms with Crippen LogP contribution >= 0.6 is 27.7 Å². The van der Waals surface area contributed by atoms with E-state index in [9.17, 15) is 4.79 Å². The van der Waals surface area contributed by atoms with Crippen molar-refractivity contribution in [3.8, 4) is 0 Å².